The highest BCUT2D eigenvalue weighted by molar-refractivity contribution is 8.14. The van der Waals surface area contributed by atoms with Crippen molar-refractivity contribution in [3.63, 3.8) is 0 Å². The first kappa shape index (κ1) is 21.4. The molecule has 0 aromatic heterocycles. The van der Waals surface area contributed by atoms with Gasteiger partial charge in [-0.2, -0.15) is 0 Å². The van der Waals surface area contributed by atoms with E-state index in [0.29, 0.717) is 11.8 Å². The number of benzene rings is 2. The molecule has 3 rings (SSSR count). The number of thioether (sulfide) groups is 1. The lowest BCUT2D eigenvalue weighted by Gasteiger charge is -2.33. The Labute approximate surface area is 178 Å². The molecule has 0 aliphatic heterocycles. The van der Waals surface area contributed by atoms with Crippen LogP contribution in [0, 0.1) is 0 Å². The molecule has 0 heterocycles. The highest BCUT2D eigenvalue weighted by Gasteiger charge is 2.22. The molecule has 1 amide bonds. The molecule has 0 spiro atoms. The zero-order chi connectivity index (χ0) is 20.5. The van der Waals surface area contributed by atoms with Gasteiger partial charge in [0.2, 0.25) is 5.91 Å². The van der Waals surface area contributed by atoms with Gasteiger partial charge in [-0.3, -0.25) is 4.79 Å². The summed E-state index contributed by atoms with van der Waals surface area (Å²) in [5.74, 6) is 0.356. The zero-order valence-electron chi connectivity index (χ0n) is 17.4. The first-order chi connectivity index (χ1) is 14.2. The number of amides is 1. The highest BCUT2D eigenvalue weighted by atomic mass is 32.2. The molecule has 154 valence electrons. The van der Waals surface area contributed by atoms with Crippen molar-refractivity contribution in [1.82, 2.24) is 4.90 Å². The van der Waals surface area contributed by atoms with E-state index in [9.17, 15) is 4.79 Å². The summed E-state index contributed by atoms with van der Waals surface area (Å²) in [6, 6.07) is 18.5. The van der Waals surface area contributed by atoms with Gasteiger partial charge in [0.15, 0.2) is 5.17 Å². The maximum Gasteiger partial charge on any atom is 0.234 e. The largest absolute Gasteiger partial charge is 0.351 e. The van der Waals surface area contributed by atoms with Crippen LogP contribution in [0.5, 0.6) is 0 Å². The lowest BCUT2D eigenvalue weighted by atomic mass is 9.95. The summed E-state index contributed by atoms with van der Waals surface area (Å²) in [6.07, 6.45) is 7.15. The number of aliphatic imine (C=N–C) groups is 1. The second kappa shape index (κ2) is 11.1. The Morgan fingerprint density at radius 3 is 2.48 bits per heavy atom. The molecule has 0 radical (unpaired) electrons. The van der Waals surface area contributed by atoms with E-state index in [1.165, 1.54) is 43.9 Å². The van der Waals surface area contributed by atoms with Gasteiger partial charge in [-0.25, -0.2) is 4.99 Å². The summed E-state index contributed by atoms with van der Waals surface area (Å²) in [4.78, 5) is 19.8. The highest BCUT2D eigenvalue weighted by Crippen LogP contribution is 2.26. The molecule has 0 bridgehead atoms. The van der Waals surface area contributed by atoms with Gasteiger partial charge >= 0.3 is 0 Å². The third kappa shape index (κ3) is 6.36. The summed E-state index contributed by atoms with van der Waals surface area (Å²) in [7, 11) is 2.12. The van der Waals surface area contributed by atoms with Crippen molar-refractivity contribution in [2.45, 2.75) is 51.5 Å². The van der Waals surface area contributed by atoms with Crippen LogP contribution in [0.25, 0.3) is 0 Å². The fourth-order valence-electron chi connectivity index (χ4n) is 3.72. The molecule has 4 nitrogen and oxygen atoms in total. The standard InChI is InChI=1S/C24H31N3OS/c1-3-19-12-10-11-17-22(19)26-23(28)18-29-24(25-20-13-6-4-7-14-20)27(2)21-15-8-5-9-16-21/h4,6-7,10-14,17,21H,3,5,8-9,15-16,18H2,1-2H3,(H,26,28). The van der Waals surface area contributed by atoms with Crippen LogP contribution >= 0.6 is 11.8 Å². The molecule has 0 unspecified atom stereocenters. The predicted molar refractivity (Wildman–Crippen MR) is 125 cm³/mol. The average molecular weight is 410 g/mol. The number of nitrogens with zero attached hydrogens (tertiary/aromatic N) is 2. The van der Waals surface area contributed by atoms with Crippen molar-refractivity contribution in [1.29, 1.82) is 0 Å². The zero-order valence-corrected chi connectivity index (χ0v) is 18.3. The van der Waals surface area contributed by atoms with Gasteiger partial charge in [-0.15, -0.1) is 0 Å². The molecule has 1 saturated carbocycles. The topological polar surface area (TPSA) is 44.7 Å². The van der Waals surface area contributed by atoms with E-state index < -0.39 is 0 Å². The van der Waals surface area contributed by atoms with Crippen molar-refractivity contribution in [3.8, 4) is 0 Å². The molecule has 1 fully saturated rings. The maximum absolute atomic E-state index is 12.6. The molecule has 2 aromatic carbocycles. The van der Waals surface area contributed by atoms with Crippen LogP contribution in [0.1, 0.15) is 44.6 Å². The van der Waals surface area contributed by atoms with Crippen molar-refractivity contribution >= 4 is 34.2 Å². The first-order valence-electron chi connectivity index (χ1n) is 10.5. The Hall–Kier alpha value is -2.27. The molecule has 0 saturated heterocycles. The van der Waals surface area contributed by atoms with Crippen LogP contribution < -0.4 is 5.32 Å². The number of hydrogen-bond acceptors (Lipinski definition) is 3. The number of nitrogens with one attached hydrogen (secondary N) is 1. The maximum atomic E-state index is 12.6. The number of hydrogen-bond donors (Lipinski definition) is 1. The number of carbonyl (C=O) groups is 1. The van der Waals surface area contributed by atoms with Crippen molar-refractivity contribution in [2.24, 2.45) is 4.99 Å². The normalized spacial score (nSPS) is 15.2. The number of anilines is 1. The lowest BCUT2D eigenvalue weighted by Crippen LogP contribution is -2.37. The minimum absolute atomic E-state index is 0.00806. The van der Waals surface area contributed by atoms with Crippen LogP contribution in [0.4, 0.5) is 11.4 Å². The first-order valence-corrected chi connectivity index (χ1v) is 11.5. The lowest BCUT2D eigenvalue weighted by molar-refractivity contribution is -0.113. The van der Waals surface area contributed by atoms with Gasteiger partial charge in [0.05, 0.1) is 11.4 Å². The molecule has 1 aliphatic carbocycles. The Balaban J connectivity index is 1.69. The number of para-hydroxylation sites is 2. The van der Waals surface area contributed by atoms with Gasteiger partial charge in [-0.1, -0.05) is 74.3 Å². The summed E-state index contributed by atoms with van der Waals surface area (Å²) in [5, 5.41) is 3.98. The van der Waals surface area contributed by atoms with Crippen LogP contribution in [-0.2, 0) is 11.2 Å². The predicted octanol–water partition coefficient (Wildman–Crippen LogP) is 5.87. The molecule has 1 aliphatic rings. The number of aryl methyl sites for hydroxylation is 1. The molecular formula is C24H31N3OS. The van der Waals surface area contributed by atoms with Gasteiger partial charge in [-0.05, 0) is 43.0 Å². The van der Waals surface area contributed by atoms with Crippen molar-refractivity contribution in [3.05, 3.63) is 60.2 Å². The SMILES string of the molecule is CCc1ccccc1NC(=O)CSC(=Nc1ccccc1)N(C)C1CCCCC1. The molecular weight excluding hydrogens is 378 g/mol. The van der Waals surface area contributed by atoms with Gasteiger partial charge < -0.3 is 10.2 Å². The summed E-state index contributed by atoms with van der Waals surface area (Å²) >= 11 is 1.52. The Bertz CT molecular complexity index is 816. The third-order valence-corrected chi connectivity index (χ3v) is 6.45. The van der Waals surface area contributed by atoms with E-state index in [1.54, 1.807) is 0 Å². The Kier molecular flexibility index (Phi) is 8.17. The number of amidine groups is 1. The Morgan fingerprint density at radius 1 is 1.07 bits per heavy atom. The fraction of sp³-hybridized carbons (Fsp3) is 0.417. The minimum Gasteiger partial charge on any atom is -0.351 e. The number of carbonyl (C=O) groups excluding carboxylic acids is 1. The summed E-state index contributed by atoms with van der Waals surface area (Å²) in [5.41, 5.74) is 2.99. The van der Waals surface area contributed by atoms with Gasteiger partial charge in [0, 0.05) is 18.8 Å². The van der Waals surface area contributed by atoms with Crippen molar-refractivity contribution in [2.75, 3.05) is 18.1 Å². The second-order valence-corrected chi connectivity index (χ2v) is 8.42. The van der Waals surface area contributed by atoms with Crippen LogP contribution in [0.3, 0.4) is 0 Å². The van der Waals surface area contributed by atoms with Crippen LogP contribution in [-0.4, -0.2) is 34.8 Å². The average Bonchev–Trinajstić information content (AvgIpc) is 2.78. The Morgan fingerprint density at radius 2 is 1.76 bits per heavy atom. The molecule has 5 heteroatoms. The van der Waals surface area contributed by atoms with E-state index in [2.05, 4.69) is 30.3 Å². The monoisotopic (exact) mass is 409 g/mol. The van der Waals surface area contributed by atoms with Crippen LogP contribution in [0.2, 0.25) is 0 Å². The second-order valence-electron chi connectivity index (χ2n) is 7.48. The minimum atomic E-state index is 0.00806. The molecule has 0 atom stereocenters. The summed E-state index contributed by atoms with van der Waals surface area (Å²) in [6.45, 7) is 2.10. The van der Waals surface area contributed by atoms with Gasteiger partial charge in [0.1, 0.15) is 0 Å². The molecule has 29 heavy (non-hydrogen) atoms. The summed E-state index contributed by atoms with van der Waals surface area (Å²) < 4.78 is 0. The smallest absolute Gasteiger partial charge is 0.234 e. The third-order valence-electron chi connectivity index (χ3n) is 5.41. The van der Waals surface area contributed by atoms with E-state index in [4.69, 9.17) is 4.99 Å². The fourth-order valence-corrected chi connectivity index (χ4v) is 4.57. The number of rotatable bonds is 6. The van der Waals surface area contributed by atoms with E-state index in [-0.39, 0.29) is 5.91 Å². The molecule has 1 N–H and O–H groups in total. The van der Waals surface area contributed by atoms with Gasteiger partial charge in [0.25, 0.3) is 0 Å². The van der Waals surface area contributed by atoms with Crippen molar-refractivity contribution < 1.29 is 4.79 Å². The van der Waals surface area contributed by atoms with E-state index >= 15 is 0 Å². The molecule has 2 aromatic rings. The quantitative estimate of drug-likeness (QED) is 0.479. The van der Waals surface area contributed by atoms with Crippen LogP contribution in [0.15, 0.2) is 59.6 Å². The van der Waals surface area contributed by atoms with E-state index in [1.807, 2.05) is 48.5 Å². The van der Waals surface area contributed by atoms with E-state index in [0.717, 1.165) is 28.5 Å².